The molecule has 34 heavy (non-hydrogen) atoms. The molecule has 1 atom stereocenters. The number of carbonyl (C=O) groups excluding carboxylic acids is 2. The van der Waals surface area contributed by atoms with Gasteiger partial charge < -0.3 is 19.6 Å². The maximum Gasteiger partial charge on any atom is 0.488 e. The number of fused-ring (bicyclic) bond motifs is 1. The van der Waals surface area contributed by atoms with E-state index < -0.39 is 10.5 Å². The fourth-order valence-electron chi connectivity index (χ4n) is 3.14. The number of halogens is 1. The van der Waals surface area contributed by atoms with E-state index in [2.05, 4.69) is 14.8 Å². The van der Waals surface area contributed by atoms with Crippen molar-refractivity contribution in [1.29, 1.82) is 0 Å². The summed E-state index contributed by atoms with van der Waals surface area (Å²) in [6.07, 6.45) is 0. The molecule has 2 amide bonds. The molecule has 2 N–H and O–H groups in total. The third kappa shape index (κ3) is 6.06. The Morgan fingerprint density at radius 2 is 1.85 bits per heavy atom. The van der Waals surface area contributed by atoms with Gasteiger partial charge in [-0.05, 0) is 55.0 Å². The van der Waals surface area contributed by atoms with E-state index in [4.69, 9.17) is 4.74 Å². The predicted octanol–water partition coefficient (Wildman–Crippen LogP) is 4.54. The minimum atomic E-state index is -5.07. The fourth-order valence-corrected chi connectivity index (χ4v) is 4.41. The molecule has 1 aliphatic rings. The van der Waals surface area contributed by atoms with Gasteiger partial charge in [0.2, 0.25) is 5.91 Å². The second-order valence-electron chi connectivity index (χ2n) is 7.35. The van der Waals surface area contributed by atoms with Crippen molar-refractivity contribution in [3.05, 3.63) is 77.9 Å². The summed E-state index contributed by atoms with van der Waals surface area (Å²) in [4.78, 5) is 25.5. The lowest BCUT2D eigenvalue weighted by Crippen LogP contribution is -2.26. The van der Waals surface area contributed by atoms with Crippen molar-refractivity contribution < 1.29 is 30.8 Å². The van der Waals surface area contributed by atoms with Crippen molar-refractivity contribution in [1.82, 2.24) is 0 Å². The highest BCUT2D eigenvalue weighted by Gasteiger charge is 2.23. The van der Waals surface area contributed by atoms with Gasteiger partial charge in [0.15, 0.2) is 0 Å². The first-order valence-corrected chi connectivity index (χ1v) is 12.2. The predicted molar refractivity (Wildman–Crippen MR) is 126 cm³/mol. The molecule has 0 aliphatic carbocycles. The summed E-state index contributed by atoms with van der Waals surface area (Å²) < 4.78 is 43.5. The van der Waals surface area contributed by atoms with Crippen LogP contribution in [0.5, 0.6) is 11.5 Å². The van der Waals surface area contributed by atoms with Crippen LogP contribution in [-0.4, -0.2) is 25.5 Å². The van der Waals surface area contributed by atoms with E-state index in [-0.39, 0.29) is 29.4 Å². The summed E-state index contributed by atoms with van der Waals surface area (Å²) in [5, 5.41) is 5.43. The van der Waals surface area contributed by atoms with Crippen molar-refractivity contribution >= 4 is 45.5 Å². The molecule has 0 saturated heterocycles. The number of ether oxygens (including phenoxy) is 1. The summed E-state index contributed by atoms with van der Waals surface area (Å²) >= 11 is 1.44. The second-order valence-corrected chi connectivity index (χ2v) is 9.69. The van der Waals surface area contributed by atoms with E-state index in [1.165, 1.54) is 23.9 Å². The Morgan fingerprint density at radius 1 is 1.09 bits per heavy atom. The highest BCUT2D eigenvalue weighted by atomic mass is 32.3. The van der Waals surface area contributed by atoms with Crippen molar-refractivity contribution in [2.24, 2.45) is 0 Å². The van der Waals surface area contributed by atoms with E-state index in [9.17, 15) is 21.9 Å². The van der Waals surface area contributed by atoms with Crippen LogP contribution in [0, 0.1) is 0 Å². The van der Waals surface area contributed by atoms with Crippen molar-refractivity contribution in [3.8, 4) is 11.5 Å². The standard InChI is InChI=1S/C23H19FN2O6S2/c1-14-22(27)26-20-11-16(7-10-21(20)33-14)23(28)25-17-3-2-4-19(12-17)31-13-15-5-8-18(9-6-15)32-34(24,29)30/h2-12,14H,13H2,1H3,(H,25,28)(H,26,27)/t14-/m1/s1. The third-order valence-electron chi connectivity index (χ3n) is 4.79. The molecule has 176 valence electrons. The van der Waals surface area contributed by atoms with Gasteiger partial charge in [-0.15, -0.1) is 11.8 Å². The SMILES string of the molecule is C[C@H]1Sc2ccc(C(=O)Nc3cccc(OCc4ccc(OS(=O)(=O)F)cc4)c3)cc2NC1=O. The largest absolute Gasteiger partial charge is 0.489 e. The van der Waals surface area contributed by atoms with Gasteiger partial charge in [0, 0.05) is 22.2 Å². The zero-order valence-corrected chi connectivity index (χ0v) is 19.4. The maximum absolute atomic E-state index is 12.7. The molecule has 11 heteroatoms. The first-order chi connectivity index (χ1) is 16.2. The zero-order valence-electron chi connectivity index (χ0n) is 17.8. The maximum atomic E-state index is 12.7. The van der Waals surface area contributed by atoms with Gasteiger partial charge in [0.25, 0.3) is 5.91 Å². The van der Waals surface area contributed by atoms with Crippen LogP contribution in [0.3, 0.4) is 0 Å². The minimum absolute atomic E-state index is 0.102. The van der Waals surface area contributed by atoms with E-state index >= 15 is 0 Å². The highest BCUT2D eigenvalue weighted by molar-refractivity contribution is 8.01. The van der Waals surface area contributed by atoms with Crippen LogP contribution < -0.4 is 19.6 Å². The van der Waals surface area contributed by atoms with Gasteiger partial charge in [0.1, 0.15) is 18.1 Å². The molecule has 0 aromatic heterocycles. The Morgan fingerprint density at radius 3 is 2.59 bits per heavy atom. The van der Waals surface area contributed by atoms with Crippen LogP contribution in [0.25, 0.3) is 0 Å². The molecule has 1 aliphatic heterocycles. The first-order valence-electron chi connectivity index (χ1n) is 10.0. The van der Waals surface area contributed by atoms with Gasteiger partial charge >= 0.3 is 10.5 Å². The lowest BCUT2D eigenvalue weighted by molar-refractivity contribution is -0.115. The van der Waals surface area contributed by atoms with Crippen LogP contribution >= 0.6 is 11.8 Å². The van der Waals surface area contributed by atoms with E-state index in [1.807, 2.05) is 13.0 Å². The van der Waals surface area contributed by atoms with Crippen molar-refractivity contribution in [2.75, 3.05) is 10.6 Å². The van der Waals surface area contributed by atoms with Crippen LogP contribution in [-0.2, 0) is 21.9 Å². The number of hydrogen-bond donors (Lipinski definition) is 2. The summed E-state index contributed by atoms with van der Waals surface area (Å²) in [5.41, 5.74) is 2.22. The molecule has 0 saturated carbocycles. The number of amides is 2. The van der Waals surface area contributed by atoms with Gasteiger partial charge in [-0.2, -0.15) is 8.42 Å². The number of rotatable bonds is 7. The number of carbonyl (C=O) groups is 2. The molecule has 8 nitrogen and oxygen atoms in total. The van der Waals surface area contributed by atoms with Gasteiger partial charge in [-0.1, -0.05) is 22.1 Å². The number of benzene rings is 3. The fraction of sp³-hybridized carbons (Fsp3) is 0.130. The lowest BCUT2D eigenvalue weighted by atomic mass is 10.1. The molecule has 3 aromatic rings. The molecular weight excluding hydrogens is 483 g/mol. The Labute approximate surface area is 199 Å². The zero-order chi connectivity index (χ0) is 24.3. The monoisotopic (exact) mass is 502 g/mol. The minimum Gasteiger partial charge on any atom is -0.489 e. The van der Waals surface area contributed by atoms with Gasteiger partial charge in [0.05, 0.1) is 10.9 Å². The summed E-state index contributed by atoms with van der Waals surface area (Å²) in [6, 6.07) is 17.7. The molecule has 4 rings (SSSR count). The highest BCUT2D eigenvalue weighted by Crippen LogP contribution is 2.36. The Hall–Kier alpha value is -3.57. The molecule has 0 bridgehead atoms. The molecular formula is C23H19FN2O6S2. The van der Waals surface area contributed by atoms with E-state index in [0.717, 1.165) is 4.90 Å². The van der Waals surface area contributed by atoms with Crippen LogP contribution in [0.2, 0.25) is 0 Å². The van der Waals surface area contributed by atoms with E-state index in [1.54, 1.807) is 48.5 Å². The molecule has 1 heterocycles. The van der Waals surface area contributed by atoms with Crippen LogP contribution in [0.4, 0.5) is 15.3 Å². The second kappa shape index (κ2) is 9.74. The molecule has 0 fully saturated rings. The first kappa shape index (κ1) is 23.6. The van der Waals surface area contributed by atoms with Crippen LogP contribution in [0.1, 0.15) is 22.8 Å². The lowest BCUT2D eigenvalue weighted by Gasteiger charge is -2.21. The number of anilines is 2. The number of thioether (sulfide) groups is 1. The molecule has 0 unspecified atom stereocenters. The van der Waals surface area contributed by atoms with E-state index in [0.29, 0.717) is 28.3 Å². The molecule has 0 spiro atoms. The summed E-state index contributed by atoms with van der Waals surface area (Å²) in [6.45, 7) is 1.97. The van der Waals surface area contributed by atoms with Gasteiger partial charge in [-0.3, -0.25) is 9.59 Å². The molecule has 3 aromatic carbocycles. The van der Waals surface area contributed by atoms with Crippen LogP contribution in [0.15, 0.2) is 71.6 Å². The normalized spacial score (nSPS) is 15.1. The average molecular weight is 503 g/mol. The van der Waals surface area contributed by atoms with Crippen molar-refractivity contribution in [3.63, 3.8) is 0 Å². The van der Waals surface area contributed by atoms with Gasteiger partial charge in [-0.25, -0.2) is 0 Å². The third-order valence-corrected chi connectivity index (χ3v) is 6.36. The number of nitrogens with one attached hydrogen (secondary N) is 2. The summed E-state index contributed by atoms with van der Waals surface area (Å²) in [7, 11) is -5.07. The summed E-state index contributed by atoms with van der Waals surface area (Å²) in [5.74, 6) is -0.0934. The Kier molecular flexibility index (Phi) is 6.75. The smallest absolute Gasteiger partial charge is 0.488 e. The average Bonchev–Trinajstić information content (AvgIpc) is 2.78. The topological polar surface area (TPSA) is 111 Å². The quantitative estimate of drug-likeness (QED) is 0.456. The molecule has 0 radical (unpaired) electrons. The number of hydrogen-bond acceptors (Lipinski definition) is 7. The Bertz CT molecular complexity index is 1350. The Balaban J connectivity index is 1.38. The van der Waals surface area contributed by atoms with Crippen molar-refractivity contribution in [2.45, 2.75) is 23.7 Å².